The molecule has 98 valence electrons. The Balaban J connectivity index is 2.38. The number of hydrogen-bond acceptors (Lipinski definition) is 3. The zero-order chi connectivity index (χ0) is 13.1. The van der Waals surface area contributed by atoms with Crippen LogP contribution < -0.4 is 4.74 Å². The van der Waals surface area contributed by atoms with E-state index < -0.39 is 0 Å². The summed E-state index contributed by atoms with van der Waals surface area (Å²) in [5, 5.41) is 0. The number of aromatic nitrogens is 2. The molecule has 0 bridgehead atoms. The molecule has 0 aliphatic rings. The van der Waals surface area contributed by atoms with Crippen molar-refractivity contribution in [1.82, 2.24) is 9.55 Å². The highest BCUT2D eigenvalue weighted by molar-refractivity contribution is 7.71. The molecule has 0 radical (unpaired) electrons. The first-order valence-corrected chi connectivity index (χ1v) is 6.44. The molecule has 5 heteroatoms. The van der Waals surface area contributed by atoms with E-state index in [0.717, 1.165) is 23.3 Å². The van der Waals surface area contributed by atoms with Gasteiger partial charge in [0.1, 0.15) is 5.75 Å². The summed E-state index contributed by atoms with van der Waals surface area (Å²) in [5.74, 6) is 0.823. The number of imidazole rings is 1. The van der Waals surface area contributed by atoms with Gasteiger partial charge >= 0.3 is 0 Å². The second kappa shape index (κ2) is 5.54. The summed E-state index contributed by atoms with van der Waals surface area (Å²) in [6.45, 7) is 5.51. The number of fused-ring (bicyclic) bond motifs is 1. The molecule has 1 aromatic heterocycles. The van der Waals surface area contributed by atoms with E-state index in [1.807, 2.05) is 32.0 Å². The van der Waals surface area contributed by atoms with Crippen LogP contribution in [0.4, 0.5) is 0 Å². The first-order valence-electron chi connectivity index (χ1n) is 6.04. The molecule has 1 unspecified atom stereocenters. The van der Waals surface area contributed by atoms with E-state index >= 15 is 0 Å². The Morgan fingerprint density at radius 2 is 2.22 bits per heavy atom. The minimum absolute atomic E-state index is 0.141. The predicted molar refractivity (Wildman–Crippen MR) is 74.8 cm³/mol. The van der Waals surface area contributed by atoms with Gasteiger partial charge in [0, 0.05) is 12.7 Å². The Kier molecular flexibility index (Phi) is 4.04. The van der Waals surface area contributed by atoms with E-state index in [4.69, 9.17) is 21.7 Å². The van der Waals surface area contributed by atoms with Crippen LogP contribution >= 0.6 is 12.2 Å². The molecule has 1 N–H and O–H groups in total. The SMILES string of the molecule is CCOC(C)Cn1c(=S)[nH]c2cc(OC)ccc21. The number of ether oxygens (including phenoxy) is 2. The lowest BCUT2D eigenvalue weighted by Crippen LogP contribution is -2.16. The number of methoxy groups -OCH3 is 1. The standard InChI is InChI=1S/C13H18N2O2S/c1-4-17-9(2)8-15-12-6-5-10(16-3)7-11(12)14-13(15)18/h5-7,9H,4,8H2,1-3H3,(H,14,18). The molecule has 0 saturated heterocycles. The summed E-state index contributed by atoms with van der Waals surface area (Å²) >= 11 is 5.35. The fourth-order valence-electron chi connectivity index (χ4n) is 2.05. The van der Waals surface area contributed by atoms with Gasteiger partial charge in [-0.15, -0.1) is 0 Å². The van der Waals surface area contributed by atoms with Gasteiger partial charge in [0.2, 0.25) is 0 Å². The van der Waals surface area contributed by atoms with E-state index in [9.17, 15) is 0 Å². The average Bonchev–Trinajstić information content (AvgIpc) is 2.65. The fraction of sp³-hybridized carbons (Fsp3) is 0.462. The Labute approximate surface area is 112 Å². The number of aromatic amines is 1. The maximum atomic E-state index is 5.56. The minimum Gasteiger partial charge on any atom is -0.497 e. The van der Waals surface area contributed by atoms with Crippen LogP contribution in [0, 0.1) is 4.77 Å². The summed E-state index contributed by atoms with van der Waals surface area (Å²) in [6.07, 6.45) is 0.141. The number of nitrogens with one attached hydrogen (secondary N) is 1. The molecule has 4 nitrogen and oxygen atoms in total. The molecule has 0 aliphatic heterocycles. The molecular formula is C13H18N2O2S. The van der Waals surface area contributed by atoms with Crippen molar-refractivity contribution in [3.8, 4) is 5.75 Å². The molecular weight excluding hydrogens is 248 g/mol. The van der Waals surface area contributed by atoms with E-state index in [1.54, 1.807) is 7.11 Å². The lowest BCUT2D eigenvalue weighted by molar-refractivity contribution is 0.0645. The lowest BCUT2D eigenvalue weighted by Gasteiger charge is -2.13. The second-order valence-electron chi connectivity index (χ2n) is 4.19. The molecule has 0 fully saturated rings. The van der Waals surface area contributed by atoms with Crippen LogP contribution in [0.5, 0.6) is 5.75 Å². The van der Waals surface area contributed by atoms with Crippen molar-refractivity contribution in [2.75, 3.05) is 13.7 Å². The van der Waals surface area contributed by atoms with Crippen molar-refractivity contribution < 1.29 is 9.47 Å². The Morgan fingerprint density at radius 3 is 2.89 bits per heavy atom. The Bertz CT molecular complexity index is 588. The monoisotopic (exact) mass is 266 g/mol. The van der Waals surface area contributed by atoms with Crippen LogP contribution in [0.3, 0.4) is 0 Å². The summed E-state index contributed by atoms with van der Waals surface area (Å²) < 4.78 is 13.5. The van der Waals surface area contributed by atoms with Crippen molar-refractivity contribution in [3.63, 3.8) is 0 Å². The third kappa shape index (κ3) is 2.57. The van der Waals surface area contributed by atoms with Gasteiger partial charge in [-0.25, -0.2) is 0 Å². The molecule has 0 spiro atoms. The largest absolute Gasteiger partial charge is 0.497 e. The van der Waals surface area contributed by atoms with Gasteiger partial charge < -0.3 is 19.0 Å². The molecule has 2 rings (SSSR count). The van der Waals surface area contributed by atoms with Crippen LogP contribution in [0.15, 0.2) is 18.2 Å². The number of hydrogen-bond donors (Lipinski definition) is 1. The second-order valence-corrected chi connectivity index (χ2v) is 4.58. The van der Waals surface area contributed by atoms with Crippen molar-refractivity contribution in [1.29, 1.82) is 0 Å². The molecule has 1 aromatic carbocycles. The van der Waals surface area contributed by atoms with Crippen molar-refractivity contribution in [3.05, 3.63) is 23.0 Å². The third-order valence-corrected chi connectivity index (χ3v) is 3.19. The topological polar surface area (TPSA) is 39.2 Å². The summed E-state index contributed by atoms with van der Waals surface area (Å²) in [4.78, 5) is 3.19. The fourth-order valence-corrected chi connectivity index (χ4v) is 2.33. The molecule has 0 amide bonds. The smallest absolute Gasteiger partial charge is 0.178 e. The quantitative estimate of drug-likeness (QED) is 0.845. The molecule has 0 aliphatic carbocycles. The average molecular weight is 266 g/mol. The van der Waals surface area contributed by atoms with E-state index in [1.165, 1.54) is 0 Å². The normalized spacial score (nSPS) is 12.8. The van der Waals surface area contributed by atoms with Crippen LogP contribution in [-0.4, -0.2) is 29.4 Å². The number of H-pyrrole nitrogens is 1. The highest BCUT2D eigenvalue weighted by Crippen LogP contribution is 2.20. The maximum absolute atomic E-state index is 5.56. The van der Waals surface area contributed by atoms with Gasteiger partial charge in [-0.05, 0) is 38.2 Å². The van der Waals surface area contributed by atoms with E-state index in [2.05, 4.69) is 9.55 Å². The maximum Gasteiger partial charge on any atom is 0.178 e. The molecule has 18 heavy (non-hydrogen) atoms. The van der Waals surface area contributed by atoms with Crippen molar-refractivity contribution >= 4 is 23.3 Å². The number of nitrogens with zero attached hydrogens (tertiary/aromatic N) is 1. The van der Waals surface area contributed by atoms with Crippen molar-refractivity contribution in [2.24, 2.45) is 0 Å². The summed E-state index contributed by atoms with van der Waals surface area (Å²) in [6, 6.07) is 5.90. The number of benzene rings is 1. The molecule has 0 saturated carbocycles. The van der Waals surface area contributed by atoms with Gasteiger partial charge in [-0.3, -0.25) is 0 Å². The van der Waals surface area contributed by atoms with Gasteiger partial charge in [0.25, 0.3) is 0 Å². The van der Waals surface area contributed by atoms with E-state index in [-0.39, 0.29) is 6.10 Å². The summed E-state index contributed by atoms with van der Waals surface area (Å²) in [5.41, 5.74) is 2.07. The van der Waals surface area contributed by atoms with Gasteiger partial charge in [0.05, 0.1) is 30.8 Å². The molecule has 2 aromatic rings. The Hall–Kier alpha value is -1.33. The van der Waals surface area contributed by atoms with Gasteiger partial charge in [0.15, 0.2) is 4.77 Å². The van der Waals surface area contributed by atoms with Gasteiger partial charge in [-0.1, -0.05) is 0 Å². The highest BCUT2D eigenvalue weighted by Gasteiger charge is 2.09. The minimum atomic E-state index is 0.141. The first kappa shape index (κ1) is 13.1. The Morgan fingerprint density at radius 1 is 1.44 bits per heavy atom. The first-order chi connectivity index (χ1) is 8.65. The third-order valence-electron chi connectivity index (χ3n) is 2.87. The zero-order valence-corrected chi connectivity index (χ0v) is 11.7. The summed E-state index contributed by atoms with van der Waals surface area (Å²) in [7, 11) is 1.66. The lowest BCUT2D eigenvalue weighted by atomic mass is 10.3. The van der Waals surface area contributed by atoms with Gasteiger partial charge in [-0.2, -0.15) is 0 Å². The van der Waals surface area contributed by atoms with E-state index in [0.29, 0.717) is 11.4 Å². The predicted octanol–water partition coefficient (Wildman–Crippen LogP) is 3.13. The zero-order valence-electron chi connectivity index (χ0n) is 10.9. The van der Waals surface area contributed by atoms with Crippen LogP contribution in [-0.2, 0) is 11.3 Å². The van der Waals surface area contributed by atoms with Crippen molar-refractivity contribution in [2.45, 2.75) is 26.5 Å². The van der Waals surface area contributed by atoms with Crippen LogP contribution in [0.1, 0.15) is 13.8 Å². The van der Waals surface area contributed by atoms with Crippen LogP contribution in [0.2, 0.25) is 0 Å². The number of rotatable bonds is 5. The van der Waals surface area contributed by atoms with Crippen LogP contribution in [0.25, 0.3) is 11.0 Å². The molecule has 1 heterocycles. The highest BCUT2D eigenvalue weighted by atomic mass is 32.1. The molecule has 1 atom stereocenters.